The van der Waals surface area contributed by atoms with Crippen molar-refractivity contribution in [3.05, 3.63) is 65.6 Å². The molecule has 0 unspecified atom stereocenters. The molecule has 3 aromatic rings. The summed E-state index contributed by atoms with van der Waals surface area (Å²) in [5, 5.41) is 7.33. The summed E-state index contributed by atoms with van der Waals surface area (Å²) in [6.45, 7) is 1.96. The number of piperidine rings is 1. The number of aromatic nitrogens is 3. The van der Waals surface area contributed by atoms with Crippen molar-refractivity contribution in [3.63, 3.8) is 0 Å². The molecule has 4 heterocycles. The lowest BCUT2D eigenvalue weighted by molar-refractivity contribution is -0.121. The van der Waals surface area contributed by atoms with E-state index in [1.807, 2.05) is 29.0 Å². The van der Waals surface area contributed by atoms with Crippen molar-refractivity contribution < 1.29 is 4.79 Å². The van der Waals surface area contributed by atoms with Crippen molar-refractivity contribution in [1.82, 2.24) is 19.5 Å². The number of aryl methyl sites for hydroxylation is 1. The number of amides is 1. The summed E-state index contributed by atoms with van der Waals surface area (Å²) >= 11 is 0. The summed E-state index contributed by atoms with van der Waals surface area (Å²) in [5.41, 5.74) is 5.65. The van der Waals surface area contributed by atoms with Crippen LogP contribution in [0.1, 0.15) is 36.1 Å². The Morgan fingerprint density at radius 3 is 2.90 bits per heavy atom. The van der Waals surface area contributed by atoms with Gasteiger partial charge in [0.15, 0.2) is 0 Å². The van der Waals surface area contributed by atoms with E-state index in [2.05, 4.69) is 46.6 Å². The molecule has 5 rings (SSSR count). The number of allylic oxidation sites excluding steroid dienone is 1. The van der Waals surface area contributed by atoms with Crippen LogP contribution in [0.4, 0.5) is 5.82 Å². The SMILES string of the molecule is CN1CCC(C(=O)Nc2ccc3c(n2)CCC=C3c2ccn3nccc3c2)CC1. The van der Waals surface area contributed by atoms with Crippen LogP contribution in [0.15, 0.2) is 48.8 Å². The van der Waals surface area contributed by atoms with Crippen LogP contribution < -0.4 is 5.32 Å². The summed E-state index contributed by atoms with van der Waals surface area (Å²) in [6.07, 6.45) is 9.75. The summed E-state index contributed by atoms with van der Waals surface area (Å²) in [5.74, 6) is 0.852. The minimum absolute atomic E-state index is 0.0851. The summed E-state index contributed by atoms with van der Waals surface area (Å²) in [6, 6.07) is 10.3. The molecule has 6 nitrogen and oxygen atoms in total. The van der Waals surface area contributed by atoms with Crippen molar-refractivity contribution in [2.45, 2.75) is 25.7 Å². The molecule has 0 spiro atoms. The van der Waals surface area contributed by atoms with Gasteiger partial charge in [-0.25, -0.2) is 9.50 Å². The highest BCUT2D eigenvalue weighted by molar-refractivity contribution is 5.92. The van der Waals surface area contributed by atoms with Crippen molar-refractivity contribution >= 4 is 22.8 Å². The van der Waals surface area contributed by atoms with Gasteiger partial charge < -0.3 is 10.2 Å². The fourth-order valence-electron chi connectivity index (χ4n) is 4.33. The molecule has 1 fully saturated rings. The van der Waals surface area contributed by atoms with E-state index < -0.39 is 0 Å². The molecular formula is C23H25N5O. The smallest absolute Gasteiger partial charge is 0.228 e. The van der Waals surface area contributed by atoms with Gasteiger partial charge in [-0.2, -0.15) is 5.10 Å². The van der Waals surface area contributed by atoms with Gasteiger partial charge in [-0.1, -0.05) is 6.08 Å². The Morgan fingerprint density at radius 2 is 2.03 bits per heavy atom. The maximum absolute atomic E-state index is 12.6. The molecule has 2 aliphatic rings. The molecule has 1 saturated heterocycles. The van der Waals surface area contributed by atoms with Crippen LogP contribution in [0.5, 0.6) is 0 Å². The van der Waals surface area contributed by atoms with E-state index in [0.717, 1.165) is 55.5 Å². The Balaban J connectivity index is 1.37. The predicted molar refractivity (Wildman–Crippen MR) is 114 cm³/mol. The highest BCUT2D eigenvalue weighted by Crippen LogP contribution is 2.32. The number of rotatable bonds is 3. The Labute approximate surface area is 170 Å². The van der Waals surface area contributed by atoms with E-state index in [4.69, 9.17) is 4.98 Å². The lowest BCUT2D eigenvalue weighted by Gasteiger charge is -2.28. The predicted octanol–water partition coefficient (Wildman–Crippen LogP) is 3.39. The zero-order valence-electron chi connectivity index (χ0n) is 16.6. The molecule has 1 aliphatic heterocycles. The monoisotopic (exact) mass is 387 g/mol. The van der Waals surface area contributed by atoms with Crippen molar-refractivity contribution in [3.8, 4) is 0 Å². The van der Waals surface area contributed by atoms with E-state index in [-0.39, 0.29) is 11.8 Å². The Bertz CT molecular complexity index is 1090. The average molecular weight is 387 g/mol. The number of carbonyl (C=O) groups excluding carboxylic acids is 1. The van der Waals surface area contributed by atoms with Crippen LogP contribution in [-0.2, 0) is 11.2 Å². The number of nitrogens with one attached hydrogen (secondary N) is 1. The van der Waals surface area contributed by atoms with Crippen molar-refractivity contribution in [2.24, 2.45) is 5.92 Å². The third-order valence-electron chi connectivity index (χ3n) is 6.05. The largest absolute Gasteiger partial charge is 0.310 e. The third kappa shape index (κ3) is 3.56. The van der Waals surface area contributed by atoms with E-state index in [1.54, 1.807) is 0 Å². The fraction of sp³-hybridized carbons (Fsp3) is 0.348. The molecule has 0 aromatic carbocycles. The number of pyridine rings is 2. The van der Waals surface area contributed by atoms with E-state index in [1.165, 1.54) is 11.1 Å². The first-order valence-electron chi connectivity index (χ1n) is 10.3. The maximum atomic E-state index is 12.6. The van der Waals surface area contributed by atoms with Gasteiger partial charge in [0, 0.05) is 23.9 Å². The highest BCUT2D eigenvalue weighted by atomic mass is 16.1. The van der Waals surface area contributed by atoms with Crippen LogP contribution in [0.25, 0.3) is 11.1 Å². The molecule has 0 saturated carbocycles. The summed E-state index contributed by atoms with van der Waals surface area (Å²) in [7, 11) is 2.11. The van der Waals surface area contributed by atoms with Gasteiger partial charge in [0.25, 0.3) is 0 Å². The van der Waals surface area contributed by atoms with Gasteiger partial charge in [-0.05, 0) is 87.3 Å². The van der Waals surface area contributed by atoms with Crippen LogP contribution >= 0.6 is 0 Å². The molecule has 1 aliphatic carbocycles. The lowest BCUT2D eigenvalue weighted by Crippen LogP contribution is -2.36. The molecule has 1 N–H and O–H groups in total. The number of hydrogen-bond donors (Lipinski definition) is 1. The molecule has 1 amide bonds. The number of likely N-dealkylation sites (tertiary alicyclic amines) is 1. The van der Waals surface area contributed by atoms with E-state index in [0.29, 0.717) is 5.82 Å². The van der Waals surface area contributed by atoms with Gasteiger partial charge >= 0.3 is 0 Å². The first-order valence-corrected chi connectivity index (χ1v) is 10.3. The van der Waals surface area contributed by atoms with Crippen LogP contribution in [0, 0.1) is 5.92 Å². The number of nitrogens with zero attached hydrogens (tertiary/aromatic N) is 4. The molecule has 0 atom stereocenters. The summed E-state index contributed by atoms with van der Waals surface area (Å²) in [4.78, 5) is 19.7. The van der Waals surface area contributed by atoms with Gasteiger partial charge in [-0.3, -0.25) is 4.79 Å². The third-order valence-corrected chi connectivity index (χ3v) is 6.05. The highest BCUT2D eigenvalue weighted by Gasteiger charge is 2.24. The first-order chi connectivity index (χ1) is 14.2. The quantitative estimate of drug-likeness (QED) is 0.748. The minimum Gasteiger partial charge on any atom is -0.310 e. The number of fused-ring (bicyclic) bond motifs is 2. The standard InChI is InChI=1S/C23H25N5O/c1-27-12-8-16(9-13-27)23(29)26-22-6-5-20-19(3-2-4-21(20)25-22)17-10-14-28-18(15-17)7-11-24-28/h3,5-7,10-11,14-16H,2,4,8-9,12-13H2,1H3,(H,25,26,29). The second-order valence-corrected chi connectivity index (χ2v) is 8.03. The lowest BCUT2D eigenvalue weighted by atomic mass is 9.90. The molecular weight excluding hydrogens is 362 g/mol. The Hall–Kier alpha value is -2.99. The number of carbonyl (C=O) groups is 1. The molecule has 29 heavy (non-hydrogen) atoms. The molecule has 0 radical (unpaired) electrons. The van der Waals surface area contributed by atoms with E-state index in [9.17, 15) is 4.79 Å². The number of anilines is 1. The Morgan fingerprint density at radius 1 is 1.17 bits per heavy atom. The second kappa shape index (κ2) is 7.44. The van der Waals surface area contributed by atoms with E-state index >= 15 is 0 Å². The van der Waals surface area contributed by atoms with Crippen molar-refractivity contribution in [1.29, 1.82) is 0 Å². The van der Waals surface area contributed by atoms with Gasteiger partial charge in [0.1, 0.15) is 5.82 Å². The fourth-order valence-corrected chi connectivity index (χ4v) is 4.33. The van der Waals surface area contributed by atoms with Crippen LogP contribution in [-0.4, -0.2) is 45.5 Å². The van der Waals surface area contributed by atoms with Crippen molar-refractivity contribution in [2.75, 3.05) is 25.5 Å². The number of hydrogen-bond acceptors (Lipinski definition) is 4. The minimum atomic E-state index is 0.0851. The molecule has 148 valence electrons. The molecule has 0 bridgehead atoms. The van der Waals surface area contributed by atoms with Crippen LogP contribution in [0.3, 0.4) is 0 Å². The zero-order chi connectivity index (χ0) is 19.8. The normalized spacial score (nSPS) is 17.8. The molecule has 6 heteroatoms. The Kier molecular flexibility index (Phi) is 4.64. The second-order valence-electron chi connectivity index (χ2n) is 8.03. The average Bonchev–Trinajstić information content (AvgIpc) is 3.21. The van der Waals surface area contributed by atoms with Gasteiger partial charge in [-0.15, -0.1) is 0 Å². The first kappa shape index (κ1) is 18.1. The zero-order valence-corrected chi connectivity index (χ0v) is 16.6. The topological polar surface area (TPSA) is 62.5 Å². The van der Waals surface area contributed by atoms with Gasteiger partial charge in [0.2, 0.25) is 5.91 Å². The van der Waals surface area contributed by atoms with Crippen LogP contribution in [0.2, 0.25) is 0 Å². The summed E-state index contributed by atoms with van der Waals surface area (Å²) < 4.78 is 1.87. The maximum Gasteiger partial charge on any atom is 0.228 e. The molecule has 3 aromatic heterocycles. The van der Waals surface area contributed by atoms with Gasteiger partial charge in [0.05, 0.1) is 11.2 Å².